The topological polar surface area (TPSA) is 75.2 Å². The van der Waals surface area contributed by atoms with Crippen molar-refractivity contribution in [3.05, 3.63) is 58.1 Å². The second kappa shape index (κ2) is 8.85. The van der Waals surface area contributed by atoms with Crippen molar-refractivity contribution in [2.45, 2.75) is 20.8 Å². The van der Waals surface area contributed by atoms with Gasteiger partial charge in [-0.15, -0.1) is 0 Å². The molecule has 0 amide bonds. The molecule has 2 heterocycles. The molecule has 7 nitrogen and oxygen atoms in total. The van der Waals surface area contributed by atoms with Gasteiger partial charge in [0.2, 0.25) is 17.8 Å². The first-order valence-corrected chi connectivity index (χ1v) is 10.3. The van der Waals surface area contributed by atoms with E-state index in [0.717, 1.165) is 30.0 Å². The number of nitrogens with zero attached hydrogens (tertiary/aromatic N) is 4. The van der Waals surface area contributed by atoms with Gasteiger partial charge in [0.05, 0.1) is 13.2 Å². The number of aryl methyl sites for hydroxylation is 2. The molecule has 4 rings (SSSR count). The number of halogens is 1. The van der Waals surface area contributed by atoms with Gasteiger partial charge in [0.15, 0.2) is 0 Å². The lowest BCUT2D eigenvalue weighted by atomic mass is 10.1. The van der Waals surface area contributed by atoms with E-state index in [1.165, 1.54) is 11.1 Å². The Kier molecular flexibility index (Phi) is 6.01. The molecular formula is C22H25ClN6O. The van der Waals surface area contributed by atoms with Gasteiger partial charge in [0.25, 0.3) is 0 Å². The Bertz CT molecular complexity index is 1050. The smallest absolute Gasteiger partial charge is 0.233 e. The van der Waals surface area contributed by atoms with Gasteiger partial charge in [-0.05, 0) is 61.7 Å². The molecule has 0 atom stereocenters. The molecule has 2 aromatic carbocycles. The quantitative estimate of drug-likeness (QED) is 0.610. The van der Waals surface area contributed by atoms with Crippen molar-refractivity contribution < 1.29 is 4.74 Å². The standard InChI is InChI=1S/C22H25ClN6O/c1-14-7-8-17(13-15(14)2)24-20-26-21(25-19-6-4-5-18(23)16(19)3)28-22(27-20)29-9-11-30-12-10-29/h4-8,13H,9-12H2,1-3H3,(H2,24,25,26,27,28). The fourth-order valence-electron chi connectivity index (χ4n) is 3.19. The molecule has 1 aliphatic rings. The molecule has 1 fully saturated rings. The summed E-state index contributed by atoms with van der Waals surface area (Å²) in [5.74, 6) is 1.56. The zero-order valence-corrected chi connectivity index (χ0v) is 18.1. The molecule has 8 heteroatoms. The van der Waals surface area contributed by atoms with Crippen LogP contribution in [0.3, 0.4) is 0 Å². The summed E-state index contributed by atoms with van der Waals surface area (Å²) in [5, 5.41) is 7.30. The first kappa shape index (κ1) is 20.4. The van der Waals surface area contributed by atoms with E-state index in [2.05, 4.69) is 56.5 Å². The van der Waals surface area contributed by atoms with Crippen LogP contribution in [0.15, 0.2) is 36.4 Å². The van der Waals surface area contributed by atoms with Crippen LogP contribution < -0.4 is 15.5 Å². The Hall–Kier alpha value is -2.90. The maximum Gasteiger partial charge on any atom is 0.233 e. The van der Waals surface area contributed by atoms with Gasteiger partial charge in [-0.1, -0.05) is 23.7 Å². The normalized spacial score (nSPS) is 13.9. The monoisotopic (exact) mass is 424 g/mol. The van der Waals surface area contributed by atoms with Gasteiger partial charge >= 0.3 is 0 Å². The van der Waals surface area contributed by atoms with Crippen LogP contribution in [0, 0.1) is 20.8 Å². The summed E-state index contributed by atoms with van der Waals surface area (Å²) in [5.41, 5.74) is 5.18. The van der Waals surface area contributed by atoms with E-state index in [-0.39, 0.29) is 0 Å². The van der Waals surface area contributed by atoms with Crippen LogP contribution in [0.1, 0.15) is 16.7 Å². The molecule has 1 saturated heterocycles. The van der Waals surface area contributed by atoms with E-state index in [1.54, 1.807) is 0 Å². The third-order valence-corrected chi connectivity index (χ3v) is 5.60. The predicted molar refractivity (Wildman–Crippen MR) is 122 cm³/mol. The van der Waals surface area contributed by atoms with Crippen molar-refractivity contribution in [1.82, 2.24) is 15.0 Å². The number of morpholine rings is 1. The minimum atomic E-state index is 0.461. The predicted octanol–water partition coefficient (Wildman–Crippen LogP) is 4.77. The van der Waals surface area contributed by atoms with E-state index in [0.29, 0.717) is 36.1 Å². The molecule has 3 aromatic rings. The number of hydrogen-bond donors (Lipinski definition) is 2. The summed E-state index contributed by atoms with van der Waals surface area (Å²) >= 11 is 6.27. The number of nitrogens with one attached hydrogen (secondary N) is 2. The fourth-order valence-corrected chi connectivity index (χ4v) is 3.37. The van der Waals surface area contributed by atoms with Crippen molar-refractivity contribution in [3.63, 3.8) is 0 Å². The van der Waals surface area contributed by atoms with E-state index in [4.69, 9.17) is 16.3 Å². The number of hydrogen-bond acceptors (Lipinski definition) is 7. The highest BCUT2D eigenvalue weighted by molar-refractivity contribution is 6.31. The number of anilines is 5. The average molecular weight is 425 g/mol. The summed E-state index contributed by atoms with van der Waals surface area (Å²) in [6.45, 7) is 8.92. The molecule has 0 bridgehead atoms. The second-order valence-electron chi connectivity index (χ2n) is 7.34. The molecule has 0 radical (unpaired) electrons. The maximum atomic E-state index is 6.27. The summed E-state index contributed by atoms with van der Waals surface area (Å²) in [4.78, 5) is 16.0. The Morgan fingerprint density at radius 3 is 2.37 bits per heavy atom. The highest BCUT2D eigenvalue weighted by Gasteiger charge is 2.17. The summed E-state index contributed by atoms with van der Waals surface area (Å²) in [7, 11) is 0. The Morgan fingerprint density at radius 1 is 0.900 bits per heavy atom. The zero-order valence-electron chi connectivity index (χ0n) is 17.4. The number of ether oxygens (including phenoxy) is 1. The minimum absolute atomic E-state index is 0.461. The third-order valence-electron chi connectivity index (χ3n) is 5.19. The molecule has 0 unspecified atom stereocenters. The van der Waals surface area contributed by atoms with E-state index in [9.17, 15) is 0 Å². The summed E-state index contributed by atoms with van der Waals surface area (Å²) in [6.07, 6.45) is 0. The molecule has 0 spiro atoms. The lowest BCUT2D eigenvalue weighted by Crippen LogP contribution is -2.37. The molecule has 0 saturated carbocycles. The van der Waals surface area contributed by atoms with Gasteiger partial charge < -0.3 is 20.3 Å². The van der Waals surface area contributed by atoms with Gasteiger partial charge in [0, 0.05) is 29.5 Å². The van der Waals surface area contributed by atoms with Gasteiger partial charge in [-0.25, -0.2) is 0 Å². The van der Waals surface area contributed by atoms with E-state index < -0.39 is 0 Å². The van der Waals surface area contributed by atoms with Crippen molar-refractivity contribution >= 4 is 40.8 Å². The van der Waals surface area contributed by atoms with Crippen LogP contribution >= 0.6 is 11.6 Å². The SMILES string of the molecule is Cc1ccc(Nc2nc(Nc3cccc(Cl)c3C)nc(N3CCOCC3)n2)cc1C. The van der Waals surface area contributed by atoms with Crippen LogP contribution in [0.2, 0.25) is 5.02 Å². The molecule has 30 heavy (non-hydrogen) atoms. The molecular weight excluding hydrogens is 400 g/mol. The van der Waals surface area contributed by atoms with Crippen molar-refractivity contribution in [2.24, 2.45) is 0 Å². The maximum absolute atomic E-state index is 6.27. The third kappa shape index (κ3) is 4.63. The fraction of sp³-hybridized carbons (Fsp3) is 0.318. The minimum Gasteiger partial charge on any atom is -0.378 e. The summed E-state index contributed by atoms with van der Waals surface area (Å²) < 4.78 is 5.47. The zero-order chi connectivity index (χ0) is 21.1. The molecule has 1 aromatic heterocycles. The average Bonchev–Trinajstić information content (AvgIpc) is 2.75. The van der Waals surface area contributed by atoms with Crippen molar-refractivity contribution in [2.75, 3.05) is 41.8 Å². The van der Waals surface area contributed by atoms with Crippen LogP contribution in [0.5, 0.6) is 0 Å². The number of benzene rings is 2. The first-order valence-electron chi connectivity index (χ1n) is 9.95. The molecule has 0 aliphatic carbocycles. The van der Waals surface area contributed by atoms with Crippen LogP contribution in [0.4, 0.5) is 29.2 Å². The van der Waals surface area contributed by atoms with E-state index in [1.807, 2.05) is 31.2 Å². The van der Waals surface area contributed by atoms with Gasteiger partial charge in [-0.2, -0.15) is 15.0 Å². The second-order valence-corrected chi connectivity index (χ2v) is 7.75. The number of aromatic nitrogens is 3. The Balaban J connectivity index is 1.68. The van der Waals surface area contributed by atoms with Crippen molar-refractivity contribution in [1.29, 1.82) is 0 Å². The van der Waals surface area contributed by atoms with Crippen LogP contribution in [-0.4, -0.2) is 41.3 Å². The highest BCUT2D eigenvalue weighted by Crippen LogP contribution is 2.27. The van der Waals surface area contributed by atoms with Crippen molar-refractivity contribution in [3.8, 4) is 0 Å². The molecule has 1 aliphatic heterocycles. The largest absolute Gasteiger partial charge is 0.378 e. The summed E-state index contributed by atoms with van der Waals surface area (Å²) in [6, 6.07) is 11.9. The lowest BCUT2D eigenvalue weighted by molar-refractivity contribution is 0.122. The first-order chi connectivity index (χ1) is 14.5. The van der Waals surface area contributed by atoms with Crippen LogP contribution in [0.25, 0.3) is 0 Å². The van der Waals surface area contributed by atoms with Crippen LogP contribution in [-0.2, 0) is 4.74 Å². The lowest BCUT2D eigenvalue weighted by Gasteiger charge is -2.27. The highest BCUT2D eigenvalue weighted by atomic mass is 35.5. The molecule has 2 N–H and O–H groups in total. The van der Waals surface area contributed by atoms with Gasteiger partial charge in [0.1, 0.15) is 0 Å². The Morgan fingerprint density at radius 2 is 1.63 bits per heavy atom. The molecule has 156 valence electrons. The number of rotatable bonds is 5. The van der Waals surface area contributed by atoms with Gasteiger partial charge in [-0.3, -0.25) is 0 Å². The Labute approximate surface area is 181 Å². The van der Waals surface area contributed by atoms with E-state index >= 15 is 0 Å².